The summed E-state index contributed by atoms with van der Waals surface area (Å²) < 4.78 is 1.60. The molecule has 1 aromatic heterocycles. The molecule has 2 N–H and O–H groups in total. The number of hydrogen-bond acceptors (Lipinski definition) is 5. The zero-order valence-corrected chi connectivity index (χ0v) is 13.2. The monoisotopic (exact) mass is 318 g/mol. The Labute approximate surface area is 140 Å². The van der Waals surface area contributed by atoms with Crippen LogP contribution in [-0.2, 0) is 13.0 Å². The molecule has 24 heavy (non-hydrogen) atoms. The Morgan fingerprint density at radius 2 is 1.75 bits per heavy atom. The third-order valence-electron chi connectivity index (χ3n) is 3.84. The molecule has 0 radical (unpaired) electrons. The summed E-state index contributed by atoms with van der Waals surface area (Å²) in [7, 11) is 0. The molecule has 0 saturated carbocycles. The van der Waals surface area contributed by atoms with Crippen LogP contribution in [0.3, 0.4) is 0 Å². The number of hydrogen-bond donors (Lipinski definition) is 1. The van der Waals surface area contributed by atoms with Gasteiger partial charge in [-0.1, -0.05) is 54.6 Å². The molecule has 0 aliphatic rings. The average Bonchev–Trinajstić information content (AvgIpc) is 3.10. The lowest BCUT2D eigenvalue weighted by Gasteiger charge is -2.11. The first-order valence-corrected chi connectivity index (χ1v) is 7.81. The van der Waals surface area contributed by atoms with Crippen molar-refractivity contribution in [2.24, 2.45) is 5.73 Å². The molecule has 0 aliphatic carbocycles. The molecule has 3 rings (SSSR count). The lowest BCUT2D eigenvalue weighted by atomic mass is 10.0. The smallest absolute Gasteiger partial charge is 0.168 e. The van der Waals surface area contributed by atoms with Crippen LogP contribution in [-0.4, -0.2) is 20.2 Å². The van der Waals surface area contributed by atoms with Crippen molar-refractivity contribution in [1.29, 1.82) is 5.26 Å². The standard InChI is InChI=1S/C18H18N6/c19-11-4-12-24-18(21-22-23-24)17(20)13-14-7-9-16(10-8-14)15-5-2-1-3-6-15/h1-3,5-10,17H,4,12-13,20H2. The maximum atomic E-state index is 8.69. The average molecular weight is 318 g/mol. The van der Waals surface area contributed by atoms with Crippen LogP contribution in [0.1, 0.15) is 23.9 Å². The molecule has 120 valence electrons. The molecular weight excluding hydrogens is 300 g/mol. The summed E-state index contributed by atoms with van der Waals surface area (Å²) in [5.74, 6) is 0.609. The molecule has 6 nitrogen and oxygen atoms in total. The van der Waals surface area contributed by atoms with E-state index in [-0.39, 0.29) is 6.04 Å². The Morgan fingerprint density at radius 1 is 1.04 bits per heavy atom. The van der Waals surface area contributed by atoms with E-state index >= 15 is 0 Å². The van der Waals surface area contributed by atoms with E-state index in [2.05, 4.69) is 58.0 Å². The number of nitrogens with zero attached hydrogens (tertiary/aromatic N) is 5. The van der Waals surface area contributed by atoms with Crippen LogP contribution < -0.4 is 5.73 Å². The molecule has 0 aliphatic heterocycles. The summed E-state index contributed by atoms with van der Waals surface area (Å²) in [6.45, 7) is 0.458. The quantitative estimate of drug-likeness (QED) is 0.753. The van der Waals surface area contributed by atoms with E-state index in [0.29, 0.717) is 25.2 Å². The van der Waals surface area contributed by atoms with Gasteiger partial charge in [0.15, 0.2) is 5.82 Å². The van der Waals surface area contributed by atoms with Gasteiger partial charge in [0.05, 0.1) is 25.1 Å². The minimum Gasteiger partial charge on any atom is -0.321 e. The number of rotatable bonds is 6. The van der Waals surface area contributed by atoms with Gasteiger partial charge in [-0.15, -0.1) is 5.10 Å². The lowest BCUT2D eigenvalue weighted by molar-refractivity contribution is 0.535. The van der Waals surface area contributed by atoms with E-state index in [1.807, 2.05) is 18.2 Å². The number of benzene rings is 2. The molecule has 6 heteroatoms. The van der Waals surface area contributed by atoms with E-state index < -0.39 is 0 Å². The zero-order valence-electron chi connectivity index (χ0n) is 13.2. The minimum absolute atomic E-state index is 0.304. The third-order valence-corrected chi connectivity index (χ3v) is 3.84. The fourth-order valence-electron chi connectivity index (χ4n) is 2.60. The number of nitriles is 1. The Hall–Kier alpha value is -3.04. The van der Waals surface area contributed by atoms with Crippen molar-refractivity contribution in [3.63, 3.8) is 0 Å². The molecule has 0 spiro atoms. The van der Waals surface area contributed by atoms with E-state index in [1.54, 1.807) is 4.68 Å². The molecule has 0 saturated heterocycles. The predicted octanol–water partition coefficient (Wildman–Crippen LogP) is 2.50. The number of aryl methyl sites for hydroxylation is 1. The third kappa shape index (κ3) is 3.65. The molecule has 1 atom stereocenters. The van der Waals surface area contributed by atoms with Gasteiger partial charge in [-0.05, 0) is 33.5 Å². The highest BCUT2D eigenvalue weighted by Crippen LogP contribution is 2.21. The van der Waals surface area contributed by atoms with Crippen molar-refractivity contribution in [2.45, 2.75) is 25.4 Å². The number of nitrogens with two attached hydrogens (primary N) is 1. The van der Waals surface area contributed by atoms with Crippen LogP contribution >= 0.6 is 0 Å². The van der Waals surface area contributed by atoms with Crippen LogP contribution in [0.25, 0.3) is 11.1 Å². The van der Waals surface area contributed by atoms with Crippen LogP contribution in [0.4, 0.5) is 0 Å². The van der Waals surface area contributed by atoms with Gasteiger partial charge in [0, 0.05) is 0 Å². The minimum atomic E-state index is -0.304. The van der Waals surface area contributed by atoms with Gasteiger partial charge in [-0.2, -0.15) is 5.26 Å². The summed E-state index contributed by atoms with van der Waals surface area (Å²) in [5, 5.41) is 20.2. The van der Waals surface area contributed by atoms with E-state index in [1.165, 1.54) is 11.1 Å². The van der Waals surface area contributed by atoms with Crippen molar-refractivity contribution in [1.82, 2.24) is 20.2 Å². The maximum Gasteiger partial charge on any atom is 0.168 e. The van der Waals surface area contributed by atoms with Crippen molar-refractivity contribution in [3.8, 4) is 17.2 Å². The summed E-state index contributed by atoms with van der Waals surface area (Å²) in [6, 6.07) is 20.4. The van der Waals surface area contributed by atoms with Crippen molar-refractivity contribution >= 4 is 0 Å². The van der Waals surface area contributed by atoms with Gasteiger partial charge in [0.1, 0.15) is 0 Å². The van der Waals surface area contributed by atoms with Crippen molar-refractivity contribution in [2.75, 3.05) is 0 Å². The van der Waals surface area contributed by atoms with Gasteiger partial charge < -0.3 is 5.73 Å². The first-order valence-electron chi connectivity index (χ1n) is 7.81. The highest BCUT2D eigenvalue weighted by molar-refractivity contribution is 5.63. The predicted molar refractivity (Wildman–Crippen MR) is 90.6 cm³/mol. The fraction of sp³-hybridized carbons (Fsp3) is 0.222. The topological polar surface area (TPSA) is 93.4 Å². The van der Waals surface area contributed by atoms with E-state index in [0.717, 1.165) is 5.56 Å². The summed E-state index contributed by atoms with van der Waals surface area (Å²) >= 11 is 0. The summed E-state index contributed by atoms with van der Waals surface area (Å²) in [4.78, 5) is 0. The van der Waals surface area contributed by atoms with Crippen molar-refractivity contribution in [3.05, 3.63) is 66.0 Å². The van der Waals surface area contributed by atoms with Crippen molar-refractivity contribution < 1.29 is 0 Å². The molecular formula is C18H18N6. The van der Waals surface area contributed by atoms with Crippen LogP contribution in [0, 0.1) is 11.3 Å². The number of aromatic nitrogens is 4. The molecule has 0 fully saturated rings. The molecule has 0 bridgehead atoms. The highest BCUT2D eigenvalue weighted by atomic mass is 15.5. The highest BCUT2D eigenvalue weighted by Gasteiger charge is 2.15. The fourth-order valence-corrected chi connectivity index (χ4v) is 2.60. The zero-order chi connectivity index (χ0) is 16.8. The largest absolute Gasteiger partial charge is 0.321 e. The first kappa shape index (κ1) is 15.8. The summed E-state index contributed by atoms with van der Waals surface area (Å²) in [6.07, 6.45) is 0.999. The normalized spacial score (nSPS) is 11.8. The first-order chi connectivity index (χ1) is 11.8. The van der Waals surface area contributed by atoms with E-state index in [9.17, 15) is 0 Å². The van der Waals surface area contributed by atoms with Crippen LogP contribution in [0.5, 0.6) is 0 Å². The molecule has 1 heterocycles. The Bertz CT molecular complexity index is 817. The van der Waals surface area contributed by atoms with Gasteiger partial charge in [-0.3, -0.25) is 0 Å². The number of tetrazole rings is 1. The van der Waals surface area contributed by atoms with Gasteiger partial charge in [0.25, 0.3) is 0 Å². The second-order valence-corrected chi connectivity index (χ2v) is 5.54. The van der Waals surface area contributed by atoms with Gasteiger partial charge in [-0.25, -0.2) is 4.68 Å². The SMILES string of the molecule is N#CCCn1nnnc1C(N)Cc1ccc(-c2ccccc2)cc1. The second-order valence-electron chi connectivity index (χ2n) is 5.54. The molecule has 3 aromatic rings. The van der Waals surface area contributed by atoms with Gasteiger partial charge >= 0.3 is 0 Å². The van der Waals surface area contributed by atoms with E-state index in [4.69, 9.17) is 11.0 Å². The molecule has 1 unspecified atom stereocenters. The Kier molecular flexibility index (Phi) is 4.94. The Morgan fingerprint density at radius 3 is 2.46 bits per heavy atom. The summed E-state index contributed by atoms with van der Waals surface area (Å²) in [5.41, 5.74) is 9.73. The van der Waals surface area contributed by atoms with Gasteiger partial charge in [0.2, 0.25) is 0 Å². The van der Waals surface area contributed by atoms with Crippen LogP contribution in [0.15, 0.2) is 54.6 Å². The van der Waals surface area contributed by atoms with Crippen LogP contribution in [0.2, 0.25) is 0 Å². The molecule has 2 aromatic carbocycles. The maximum absolute atomic E-state index is 8.69. The Balaban J connectivity index is 1.70. The molecule has 0 amide bonds. The lowest BCUT2D eigenvalue weighted by Crippen LogP contribution is -2.19. The second kappa shape index (κ2) is 7.49.